The van der Waals surface area contributed by atoms with E-state index in [-0.39, 0.29) is 11.8 Å². The minimum absolute atomic E-state index is 0.0557. The summed E-state index contributed by atoms with van der Waals surface area (Å²) >= 11 is 0. The zero-order valence-electron chi connectivity index (χ0n) is 10.6. The molecule has 0 N–H and O–H groups in total. The average Bonchev–Trinajstić information content (AvgIpc) is 2.38. The Kier molecular flexibility index (Phi) is 3.92. The lowest BCUT2D eigenvalue weighted by Gasteiger charge is -2.23. The number of benzene rings is 1. The second-order valence-electron chi connectivity index (χ2n) is 4.58. The van der Waals surface area contributed by atoms with Crippen LogP contribution in [-0.2, 0) is 9.59 Å². The largest absolute Gasteiger partial charge is 0.279 e. The van der Waals surface area contributed by atoms with Crippen LogP contribution in [0.3, 0.4) is 0 Å². The lowest BCUT2D eigenvalue weighted by molar-refractivity contribution is -0.143. The number of hydrogen-bond donors (Lipinski definition) is 0. The standard InChI is InChI=1S/C15H17NO2/c1-12-5-7-13(8-6-12)9-10-15(18)16-11-3-2-4-14(16)17/h5-10H,2-4,11H2,1H3. The Morgan fingerprint density at radius 2 is 1.94 bits per heavy atom. The summed E-state index contributed by atoms with van der Waals surface area (Å²) in [4.78, 5) is 24.8. The molecule has 2 rings (SSSR count). The van der Waals surface area contributed by atoms with Gasteiger partial charge in [0.2, 0.25) is 5.91 Å². The quantitative estimate of drug-likeness (QED) is 0.748. The van der Waals surface area contributed by atoms with Gasteiger partial charge in [0.05, 0.1) is 0 Å². The van der Waals surface area contributed by atoms with Crippen LogP contribution < -0.4 is 0 Å². The first-order chi connectivity index (χ1) is 8.66. The van der Waals surface area contributed by atoms with Gasteiger partial charge < -0.3 is 0 Å². The molecular formula is C15H17NO2. The van der Waals surface area contributed by atoms with Crippen LogP contribution in [-0.4, -0.2) is 23.3 Å². The Morgan fingerprint density at radius 3 is 2.61 bits per heavy atom. The van der Waals surface area contributed by atoms with Crippen LogP contribution in [0.1, 0.15) is 30.4 Å². The number of imide groups is 1. The molecule has 3 nitrogen and oxygen atoms in total. The number of likely N-dealkylation sites (tertiary alicyclic amines) is 1. The fourth-order valence-electron chi connectivity index (χ4n) is 1.97. The van der Waals surface area contributed by atoms with Crippen molar-refractivity contribution in [3.05, 3.63) is 41.5 Å². The fraction of sp³-hybridized carbons (Fsp3) is 0.333. The van der Waals surface area contributed by atoms with Crippen molar-refractivity contribution in [1.82, 2.24) is 4.90 Å². The van der Waals surface area contributed by atoms with Crippen molar-refractivity contribution in [3.8, 4) is 0 Å². The van der Waals surface area contributed by atoms with Crippen LogP contribution in [0.15, 0.2) is 30.3 Å². The number of hydrogen-bond acceptors (Lipinski definition) is 2. The predicted octanol–water partition coefficient (Wildman–Crippen LogP) is 2.55. The maximum Gasteiger partial charge on any atom is 0.253 e. The molecule has 1 aromatic carbocycles. The first-order valence-corrected chi connectivity index (χ1v) is 6.26. The van der Waals surface area contributed by atoms with E-state index in [0.29, 0.717) is 13.0 Å². The topological polar surface area (TPSA) is 37.4 Å². The molecule has 0 unspecified atom stereocenters. The Hall–Kier alpha value is -1.90. The van der Waals surface area contributed by atoms with Crippen molar-refractivity contribution in [2.24, 2.45) is 0 Å². The van der Waals surface area contributed by atoms with Gasteiger partial charge in [-0.3, -0.25) is 14.5 Å². The molecule has 0 aromatic heterocycles. The van der Waals surface area contributed by atoms with Crippen molar-refractivity contribution in [3.63, 3.8) is 0 Å². The zero-order chi connectivity index (χ0) is 13.0. The number of nitrogens with zero attached hydrogens (tertiary/aromatic N) is 1. The van der Waals surface area contributed by atoms with Crippen LogP contribution in [0, 0.1) is 6.92 Å². The van der Waals surface area contributed by atoms with Crippen molar-refractivity contribution < 1.29 is 9.59 Å². The second kappa shape index (κ2) is 5.63. The van der Waals surface area contributed by atoms with Gasteiger partial charge in [0.1, 0.15) is 0 Å². The number of carbonyl (C=O) groups is 2. The molecule has 3 heteroatoms. The Morgan fingerprint density at radius 1 is 1.22 bits per heavy atom. The van der Waals surface area contributed by atoms with Crippen LogP contribution >= 0.6 is 0 Å². The van der Waals surface area contributed by atoms with E-state index in [1.807, 2.05) is 31.2 Å². The summed E-state index contributed by atoms with van der Waals surface area (Å²) in [6.07, 6.45) is 5.53. The first kappa shape index (κ1) is 12.6. The Balaban J connectivity index is 2.02. The summed E-state index contributed by atoms with van der Waals surface area (Å²) in [5.74, 6) is -0.264. The lowest BCUT2D eigenvalue weighted by atomic mass is 10.1. The summed E-state index contributed by atoms with van der Waals surface area (Å²) in [6, 6.07) is 7.90. The predicted molar refractivity (Wildman–Crippen MR) is 70.8 cm³/mol. The minimum Gasteiger partial charge on any atom is -0.279 e. The van der Waals surface area contributed by atoms with Crippen LogP contribution in [0.5, 0.6) is 0 Å². The molecular weight excluding hydrogens is 226 g/mol. The average molecular weight is 243 g/mol. The van der Waals surface area contributed by atoms with Gasteiger partial charge in [-0.2, -0.15) is 0 Å². The monoisotopic (exact) mass is 243 g/mol. The van der Waals surface area contributed by atoms with Crippen molar-refractivity contribution in [1.29, 1.82) is 0 Å². The summed E-state index contributed by atoms with van der Waals surface area (Å²) in [6.45, 7) is 2.57. The highest BCUT2D eigenvalue weighted by atomic mass is 16.2. The molecule has 1 saturated heterocycles. The molecule has 0 spiro atoms. The summed E-state index contributed by atoms with van der Waals surface area (Å²) < 4.78 is 0. The molecule has 0 radical (unpaired) electrons. The lowest BCUT2D eigenvalue weighted by Crippen LogP contribution is -2.39. The molecule has 0 aliphatic carbocycles. The van der Waals surface area contributed by atoms with Gasteiger partial charge in [-0.15, -0.1) is 0 Å². The van der Waals surface area contributed by atoms with Gasteiger partial charge in [-0.1, -0.05) is 29.8 Å². The third kappa shape index (κ3) is 3.06. The van der Waals surface area contributed by atoms with Crippen molar-refractivity contribution in [2.75, 3.05) is 6.54 Å². The summed E-state index contributed by atoms with van der Waals surface area (Å²) in [7, 11) is 0. The third-order valence-corrected chi connectivity index (χ3v) is 3.09. The number of rotatable bonds is 2. The van der Waals surface area contributed by atoms with Gasteiger partial charge in [0.15, 0.2) is 0 Å². The molecule has 1 aliphatic heterocycles. The molecule has 18 heavy (non-hydrogen) atoms. The SMILES string of the molecule is Cc1ccc(C=CC(=O)N2CCCCC2=O)cc1. The van der Waals surface area contributed by atoms with E-state index in [1.54, 1.807) is 6.08 Å². The maximum atomic E-state index is 11.9. The number of aryl methyl sites for hydroxylation is 1. The molecule has 94 valence electrons. The van der Waals surface area contributed by atoms with Gasteiger partial charge in [-0.25, -0.2) is 0 Å². The summed E-state index contributed by atoms with van der Waals surface area (Å²) in [5, 5.41) is 0. The van der Waals surface area contributed by atoms with Crippen molar-refractivity contribution in [2.45, 2.75) is 26.2 Å². The summed E-state index contributed by atoms with van der Waals surface area (Å²) in [5.41, 5.74) is 2.16. The van der Waals surface area contributed by atoms with E-state index >= 15 is 0 Å². The smallest absolute Gasteiger partial charge is 0.253 e. The number of amides is 2. The van der Waals surface area contributed by atoms with Gasteiger partial charge in [0.25, 0.3) is 5.91 Å². The number of carbonyl (C=O) groups excluding carboxylic acids is 2. The molecule has 1 aromatic rings. The van der Waals surface area contributed by atoms with Gasteiger partial charge >= 0.3 is 0 Å². The van der Waals surface area contributed by atoms with Crippen LogP contribution in [0.2, 0.25) is 0 Å². The molecule has 1 heterocycles. The third-order valence-electron chi connectivity index (χ3n) is 3.09. The molecule has 2 amide bonds. The number of piperidine rings is 1. The maximum absolute atomic E-state index is 11.9. The van der Waals surface area contributed by atoms with Crippen LogP contribution in [0.25, 0.3) is 6.08 Å². The highest BCUT2D eigenvalue weighted by Gasteiger charge is 2.22. The molecule has 1 fully saturated rings. The highest BCUT2D eigenvalue weighted by Crippen LogP contribution is 2.12. The molecule has 0 bridgehead atoms. The Bertz CT molecular complexity index is 474. The van der Waals surface area contributed by atoms with Crippen molar-refractivity contribution >= 4 is 17.9 Å². The molecule has 0 atom stereocenters. The normalized spacial score (nSPS) is 16.3. The zero-order valence-corrected chi connectivity index (χ0v) is 10.6. The highest BCUT2D eigenvalue weighted by molar-refractivity contribution is 6.03. The van der Waals surface area contributed by atoms with Gasteiger partial charge in [-0.05, 0) is 31.4 Å². The van der Waals surface area contributed by atoms with E-state index < -0.39 is 0 Å². The molecule has 0 saturated carbocycles. The minimum atomic E-state index is -0.208. The second-order valence-corrected chi connectivity index (χ2v) is 4.58. The van der Waals surface area contributed by atoms with Gasteiger partial charge in [0, 0.05) is 19.0 Å². The van der Waals surface area contributed by atoms with E-state index in [0.717, 1.165) is 18.4 Å². The molecule has 1 aliphatic rings. The van der Waals surface area contributed by atoms with E-state index in [1.165, 1.54) is 16.5 Å². The van der Waals surface area contributed by atoms with E-state index in [4.69, 9.17) is 0 Å². The van der Waals surface area contributed by atoms with E-state index in [9.17, 15) is 9.59 Å². The Labute approximate surface area is 107 Å². The first-order valence-electron chi connectivity index (χ1n) is 6.26. The fourth-order valence-corrected chi connectivity index (χ4v) is 1.97. The van der Waals surface area contributed by atoms with E-state index in [2.05, 4.69) is 0 Å². The van der Waals surface area contributed by atoms with Crippen LogP contribution in [0.4, 0.5) is 0 Å².